The van der Waals surface area contributed by atoms with Crippen molar-refractivity contribution in [3.05, 3.63) is 30.1 Å². The molecule has 1 unspecified atom stereocenters. The lowest BCUT2D eigenvalue weighted by Crippen LogP contribution is -2.38. The molecule has 0 bridgehead atoms. The third-order valence-electron chi connectivity index (χ3n) is 3.59. The Morgan fingerprint density at radius 3 is 2.95 bits per heavy atom. The van der Waals surface area contributed by atoms with Gasteiger partial charge in [0.2, 0.25) is 0 Å². The highest BCUT2D eigenvalue weighted by Gasteiger charge is 2.16. The standard InChI is InChI=1S/C15H23FN2S/c1-2-18(12-13-6-5-9-17-13)10-11-19-15-8-4-3-7-14(15)16/h3-4,7-8,13,17H,2,5-6,9-12H2,1H3. The first kappa shape index (κ1) is 14.8. The van der Waals surface area contributed by atoms with E-state index in [0.717, 1.165) is 36.8 Å². The van der Waals surface area contributed by atoms with E-state index >= 15 is 0 Å². The van der Waals surface area contributed by atoms with E-state index < -0.39 is 0 Å². The maximum Gasteiger partial charge on any atom is 0.136 e. The number of hydrogen-bond acceptors (Lipinski definition) is 3. The van der Waals surface area contributed by atoms with Crippen LogP contribution in [-0.4, -0.2) is 42.9 Å². The highest BCUT2D eigenvalue weighted by Crippen LogP contribution is 2.21. The summed E-state index contributed by atoms with van der Waals surface area (Å²) < 4.78 is 13.5. The molecule has 1 heterocycles. The molecule has 19 heavy (non-hydrogen) atoms. The zero-order chi connectivity index (χ0) is 13.5. The van der Waals surface area contributed by atoms with Crippen molar-refractivity contribution in [2.75, 3.05) is 31.9 Å². The van der Waals surface area contributed by atoms with E-state index in [1.165, 1.54) is 18.9 Å². The van der Waals surface area contributed by atoms with Crippen LogP contribution < -0.4 is 5.32 Å². The minimum atomic E-state index is -0.104. The average molecular weight is 282 g/mol. The second kappa shape index (κ2) is 7.88. The van der Waals surface area contributed by atoms with Crippen molar-refractivity contribution in [2.45, 2.75) is 30.7 Å². The molecule has 2 nitrogen and oxygen atoms in total. The smallest absolute Gasteiger partial charge is 0.136 e. The molecule has 0 saturated carbocycles. The van der Waals surface area contributed by atoms with Gasteiger partial charge in [-0.3, -0.25) is 0 Å². The maximum atomic E-state index is 13.5. The molecule has 1 saturated heterocycles. The van der Waals surface area contributed by atoms with Gasteiger partial charge in [0.05, 0.1) is 0 Å². The number of halogens is 1. The number of nitrogens with one attached hydrogen (secondary N) is 1. The number of hydrogen-bond donors (Lipinski definition) is 1. The Kier molecular flexibility index (Phi) is 6.14. The van der Waals surface area contributed by atoms with E-state index in [1.807, 2.05) is 12.1 Å². The van der Waals surface area contributed by atoms with Crippen LogP contribution in [0.15, 0.2) is 29.2 Å². The van der Waals surface area contributed by atoms with Gasteiger partial charge in [0.25, 0.3) is 0 Å². The summed E-state index contributed by atoms with van der Waals surface area (Å²) in [5.74, 6) is 0.842. The molecule has 1 aromatic carbocycles. The monoisotopic (exact) mass is 282 g/mol. The highest BCUT2D eigenvalue weighted by atomic mass is 32.2. The molecule has 1 aliphatic heterocycles. The van der Waals surface area contributed by atoms with Crippen LogP contribution in [0.2, 0.25) is 0 Å². The molecule has 0 amide bonds. The lowest BCUT2D eigenvalue weighted by atomic mass is 10.2. The Morgan fingerprint density at radius 2 is 2.26 bits per heavy atom. The first-order valence-corrected chi connectivity index (χ1v) is 8.11. The molecular weight excluding hydrogens is 259 g/mol. The number of benzene rings is 1. The van der Waals surface area contributed by atoms with Gasteiger partial charge < -0.3 is 10.2 Å². The fourth-order valence-corrected chi connectivity index (χ4v) is 3.40. The number of nitrogens with zero attached hydrogens (tertiary/aromatic N) is 1. The third kappa shape index (κ3) is 4.79. The van der Waals surface area contributed by atoms with Crippen LogP contribution in [0.1, 0.15) is 19.8 Å². The Balaban J connectivity index is 1.72. The quantitative estimate of drug-likeness (QED) is 0.774. The lowest BCUT2D eigenvalue weighted by molar-refractivity contribution is 0.276. The molecule has 0 aromatic heterocycles. The van der Waals surface area contributed by atoms with Crippen molar-refractivity contribution in [1.82, 2.24) is 10.2 Å². The number of rotatable bonds is 7. The van der Waals surface area contributed by atoms with Crippen molar-refractivity contribution in [2.24, 2.45) is 0 Å². The van der Waals surface area contributed by atoms with Crippen LogP contribution >= 0.6 is 11.8 Å². The van der Waals surface area contributed by atoms with Crippen molar-refractivity contribution in [3.8, 4) is 0 Å². The van der Waals surface area contributed by atoms with Crippen LogP contribution in [0.25, 0.3) is 0 Å². The van der Waals surface area contributed by atoms with Gasteiger partial charge in [0.1, 0.15) is 5.82 Å². The van der Waals surface area contributed by atoms with Crippen LogP contribution in [0, 0.1) is 5.82 Å². The summed E-state index contributed by atoms with van der Waals surface area (Å²) in [5.41, 5.74) is 0. The third-order valence-corrected chi connectivity index (χ3v) is 4.62. The molecule has 0 radical (unpaired) electrons. The molecule has 1 atom stereocenters. The summed E-state index contributed by atoms with van der Waals surface area (Å²) in [6, 6.07) is 7.67. The molecule has 1 fully saturated rings. The topological polar surface area (TPSA) is 15.3 Å². The van der Waals surface area contributed by atoms with Crippen LogP contribution in [-0.2, 0) is 0 Å². The summed E-state index contributed by atoms with van der Waals surface area (Å²) >= 11 is 1.61. The fourth-order valence-electron chi connectivity index (χ4n) is 2.45. The van der Waals surface area contributed by atoms with Gasteiger partial charge in [-0.2, -0.15) is 0 Å². The van der Waals surface area contributed by atoms with Gasteiger partial charge in [-0.15, -0.1) is 11.8 Å². The highest BCUT2D eigenvalue weighted by molar-refractivity contribution is 7.99. The summed E-state index contributed by atoms with van der Waals surface area (Å²) in [5, 5.41) is 3.53. The van der Waals surface area contributed by atoms with Crippen molar-refractivity contribution >= 4 is 11.8 Å². The van der Waals surface area contributed by atoms with E-state index in [0.29, 0.717) is 6.04 Å². The number of thioether (sulfide) groups is 1. The Hall–Kier alpha value is -0.580. The largest absolute Gasteiger partial charge is 0.313 e. The second-order valence-corrected chi connectivity index (χ2v) is 6.10. The van der Waals surface area contributed by atoms with Gasteiger partial charge in [0.15, 0.2) is 0 Å². The predicted molar refractivity (Wildman–Crippen MR) is 80.3 cm³/mol. The predicted octanol–water partition coefficient (Wildman–Crippen LogP) is 2.99. The minimum Gasteiger partial charge on any atom is -0.313 e. The van der Waals surface area contributed by atoms with E-state index in [1.54, 1.807) is 17.8 Å². The lowest BCUT2D eigenvalue weighted by Gasteiger charge is -2.23. The zero-order valence-corrected chi connectivity index (χ0v) is 12.4. The molecular formula is C15H23FN2S. The molecule has 0 aliphatic carbocycles. The normalized spacial score (nSPS) is 19.2. The zero-order valence-electron chi connectivity index (χ0n) is 11.6. The van der Waals surface area contributed by atoms with Gasteiger partial charge in [-0.05, 0) is 38.1 Å². The van der Waals surface area contributed by atoms with E-state index in [9.17, 15) is 4.39 Å². The van der Waals surface area contributed by atoms with Crippen LogP contribution in [0.4, 0.5) is 4.39 Å². The Labute approximate surface area is 119 Å². The molecule has 1 aliphatic rings. The van der Waals surface area contributed by atoms with Crippen LogP contribution in [0.5, 0.6) is 0 Å². The molecule has 2 rings (SSSR count). The van der Waals surface area contributed by atoms with E-state index in [-0.39, 0.29) is 5.82 Å². The molecule has 0 spiro atoms. The SMILES string of the molecule is CCN(CCSc1ccccc1F)CC1CCCN1. The number of likely N-dealkylation sites (N-methyl/N-ethyl adjacent to an activating group) is 1. The van der Waals surface area contributed by atoms with Crippen molar-refractivity contribution < 1.29 is 4.39 Å². The van der Waals surface area contributed by atoms with Gasteiger partial charge >= 0.3 is 0 Å². The van der Waals surface area contributed by atoms with Crippen molar-refractivity contribution in [3.63, 3.8) is 0 Å². The summed E-state index contributed by atoms with van der Waals surface area (Å²) in [4.78, 5) is 3.22. The van der Waals surface area contributed by atoms with Crippen molar-refractivity contribution in [1.29, 1.82) is 0 Å². The first-order valence-electron chi connectivity index (χ1n) is 7.12. The molecule has 1 N–H and O–H groups in total. The van der Waals surface area contributed by atoms with Gasteiger partial charge in [-0.25, -0.2) is 4.39 Å². The summed E-state index contributed by atoms with van der Waals surface area (Å²) in [6.07, 6.45) is 2.59. The molecule has 4 heteroatoms. The van der Waals surface area contributed by atoms with E-state index in [4.69, 9.17) is 0 Å². The first-order chi connectivity index (χ1) is 9.29. The maximum absolute atomic E-state index is 13.5. The summed E-state index contributed by atoms with van der Waals surface area (Å²) in [7, 11) is 0. The fraction of sp³-hybridized carbons (Fsp3) is 0.600. The van der Waals surface area contributed by atoms with Crippen LogP contribution in [0.3, 0.4) is 0 Å². The minimum absolute atomic E-state index is 0.104. The van der Waals surface area contributed by atoms with Gasteiger partial charge in [-0.1, -0.05) is 19.1 Å². The van der Waals surface area contributed by atoms with Gasteiger partial charge in [0, 0.05) is 29.8 Å². The molecule has 1 aromatic rings. The average Bonchev–Trinajstić information content (AvgIpc) is 2.92. The Morgan fingerprint density at radius 1 is 1.42 bits per heavy atom. The van der Waals surface area contributed by atoms with E-state index in [2.05, 4.69) is 17.1 Å². The Bertz CT molecular complexity index is 380. The molecule has 106 valence electrons. The second-order valence-electron chi connectivity index (χ2n) is 4.97. The summed E-state index contributed by atoms with van der Waals surface area (Å²) in [6.45, 7) is 6.56.